The summed E-state index contributed by atoms with van der Waals surface area (Å²) in [5, 5.41) is 28.3. The van der Waals surface area contributed by atoms with E-state index in [4.69, 9.17) is 5.11 Å². The first kappa shape index (κ1) is 12.6. The fourth-order valence-electron chi connectivity index (χ4n) is 1.30. The number of nitrogens with zero attached hydrogens (tertiary/aromatic N) is 3. The van der Waals surface area contributed by atoms with Gasteiger partial charge in [-0.25, -0.2) is 0 Å². The van der Waals surface area contributed by atoms with Gasteiger partial charge >= 0.3 is 5.97 Å². The normalized spacial score (nSPS) is 12.6. The van der Waals surface area contributed by atoms with Crippen LogP contribution in [-0.4, -0.2) is 43.6 Å². The van der Waals surface area contributed by atoms with E-state index < -0.39 is 12.1 Å². The number of aliphatic carboxylic acids is 1. The van der Waals surface area contributed by atoms with Crippen LogP contribution in [-0.2, 0) is 17.9 Å². The van der Waals surface area contributed by atoms with Gasteiger partial charge in [-0.15, -0.1) is 10.2 Å². The first-order valence-electron chi connectivity index (χ1n) is 5.10. The van der Waals surface area contributed by atoms with Crippen LogP contribution in [0, 0.1) is 0 Å². The van der Waals surface area contributed by atoms with Crippen LogP contribution < -0.4 is 5.32 Å². The number of aliphatic hydroxyl groups excluding tert-OH is 1. The molecule has 0 aliphatic carbocycles. The Morgan fingerprint density at radius 2 is 2.44 bits per heavy atom. The molecule has 0 radical (unpaired) electrons. The van der Waals surface area contributed by atoms with Crippen LogP contribution in [0.1, 0.15) is 19.2 Å². The summed E-state index contributed by atoms with van der Waals surface area (Å²) in [6.07, 6.45) is 0.494. The standard InChI is InChI=1S/C9H16N4O3/c1-2-13-6-11-12-8(13)5-10-4-7(14)3-9(15)16/h6-7,10,14H,2-5H2,1H3,(H,15,16). The average Bonchev–Trinajstić information content (AvgIpc) is 2.64. The minimum absolute atomic E-state index is 0.225. The lowest BCUT2D eigenvalue weighted by atomic mass is 10.2. The summed E-state index contributed by atoms with van der Waals surface area (Å²) in [7, 11) is 0. The van der Waals surface area contributed by atoms with Crippen molar-refractivity contribution in [2.24, 2.45) is 0 Å². The molecule has 1 heterocycles. The summed E-state index contributed by atoms with van der Waals surface area (Å²) >= 11 is 0. The predicted octanol–water partition coefficient (Wildman–Crippen LogP) is -0.777. The van der Waals surface area contributed by atoms with E-state index in [1.54, 1.807) is 6.33 Å². The Hall–Kier alpha value is -1.47. The van der Waals surface area contributed by atoms with Crippen molar-refractivity contribution in [2.45, 2.75) is 32.5 Å². The highest BCUT2D eigenvalue weighted by Crippen LogP contribution is 1.95. The lowest BCUT2D eigenvalue weighted by Crippen LogP contribution is -2.29. The van der Waals surface area contributed by atoms with Crippen LogP contribution in [0.25, 0.3) is 0 Å². The van der Waals surface area contributed by atoms with Gasteiger partial charge in [0.2, 0.25) is 0 Å². The third-order valence-corrected chi connectivity index (χ3v) is 2.11. The van der Waals surface area contributed by atoms with E-state index in [9.17, 15) is 9.90 Å². The number of aromatic nitrogens is 3. The third kappa shape index (κ3) is 3.95. The molecule has 1 unspecified atom stereocenters. The van der Waals surface area contributed by atoms with E-state index in [2.05, 4.69) is 15.5 Å². The summed E-state index contributed by atoms with van der Waals surface area (Å²) in [5.74, 6) is -0.240. The highest BCUT2D eigenvalue weighted by Gasteiger charge is 2.09. The van der Waals surface area contributed by atoms with Crippen LogP contribution in [0.4, 0.5) is 0 Å². The molecule has 0 aromatic carbocycles. The number of carbonyl (C=O) groups is 1. The Morgan fingerprint density at radius 3 is 3.06 bits per heavy atom. The zero-order chi connectivity index (χ0) is 12.0. The molecule has 0 saturated heterocycles. The summed E-state index contributed by atoms with van der Waals surface area (Å²) in [5.41, 5.74) is 0. The van der Waals surface area contributed by atoms with Crippen molar-refractivity contribution in [1.29, 1.82) is 0 Å². The molecule has 1 aromatic heterocycles. The third-order valence-electron chi connectivity index (χ3n) is 2.11. The van der Waals surface area contributed by atoms with E-state index in [1.165, 1.54) is 0 Å². The maximum Gasteiger partial charge on any atom is 0.306 e. The molecule has 0 saturated carbocycles. The number of rotatable bonds is 7. The van der Waals surface area contributed by atoms with Gasteiger partial charge in [-0.05, 0) is 6.92 Å². The Kier molecular flexibility index (Phi) is 4.87. The molecular formula is C9H16N4O3. The number of carboxylic acids is 1. The minimum Gasteiger partial charge on any atom is -0.481 e. The number of aliphatic hydroxyl groups is 1. The number of hydrogen-bond acceptors (Lipinski definition) is 5. The molecule has 7 heteroatoms. The number of carboxylic acid groups (broad SMARTS) is 1. The SMILES string of the molecule is CCn1cnnc1CNCC(O)CC(=O)O. The number of nitrogens with one attached hydrogen (secondary N) is 1. The molecule has 0 aliphatic rings. The van der Waals surface area contributed by atoms with Gasteiger partial charge in [0.05, 0.1) is 19.1 Å². The monoisotopic (exact) mass is 228 g/mol. The second-order valence-corrected chi connectivity index (χ2v) is 3.42. The highest BCUT2D eigenvalue weighted by molar-refractivity contribution is 5.67. The van der Waals surface area contributed by atoms with Gasteiger partial charge in [0.1, 0.15) is 12.2 Å². The summed E-state index contributed by atoms with van der Waals surface area (Å²) in [6.45, 7) is 3.45. The van der Waals surface area contributed by atoms with Crippen LogP contribution >= 0.6 is 0 Å². The number of aryl methyl sites for hydroxylation is 1. The smallest absolute Gasteiger partial charge is 0.306 e. The summed E-state index contributed by atoms with van der Waals surface area (Å²) in [6, 6.07) is 0. The van der Waals surface area contributed by atoms with Crippen molar-refractivity contribution in [3.8, 4) is 0 Å². The molecule has 0 aliphatic heterocycles. The Morgan fingerprint density at radius 1 is 1.69 bits per heavy atom. The van der Waals surface area contributed by atoms with Gasteiger partial charge in [0, 0.05) is 13.1 Å². The van der Waals surface area contributed by atoms with E-state index in [1.807, 2.05) is 11.5 Å². The number of hydrogen-bond donors (Lipinski definition) is 3. The molecule has 7 nitrogen and oxygen atoms in total. The van der Waals surface area contributed by atoms with Crippen LogP contribution in [0.3, 0.4) is 0 Å². The van der Waals surface area contributed by atoms with E-state index in [-0.39, 0.29) is 13.0 Å². The maximum absolute atomic E-state index is 10.3. The van der Waals surface area contributed by atoms with E-state index >= 15 is 0 Å². The van der Waals surface area contributed by atoms with E-state index in [0.29, 0.717) is 6.54 Å². The van der Waals surface area contributed by atoms with Crippen LogP contribution in [0.15, 0.2) is 6.33 Å². The molecule has 1 atom stereocenters. The van der Waals surface area contributed by atoms with Gasteiger partial charge in [0.25, 0.3) is 0 Å². The summed E-state index contributed by atoms with van der Waals surface area (Å²) in [4.78, 5) is 10.3. The molecule has 16 heavy (non-hydrogen) atoms. The molecule has 90 valence electrons. The van der Waals surface area contributed by atoms with Gasteiger partial charge in [-0.1, -0.05) is 0 Å². The first-order valence-corrected chi connectivity index (χ1v) is 5.10. The quantitative estimate of drug-likeness (QED) is 0.566. The van der Waals surface area contributed by atoms with Crippen molar-refractivity contribution in [3.05, 3.63) is 12.2 Å². The lowest BCUT2D eigenvalue weighted by molar-refractivity contribution is -0.139. The molecule has 1 rings (SSSR count). The van der Waals surface area contributed by atoms with Gasteiger partial charge < -0.3 is 20.1 Å². The molecule has 1 aromatic rings. The minimum atomic E-state index is -1.01. The fraction of sp³-hybridized carbons (Fsp3) is 0.667. The largest absolute Gasteiger partial charge is 0.481 e. The zero-order valence-corrected chi connectivity index (χ0v) is 9.13. The molecule has 0 spiro atoms. The second-order valence-electron chi connectivity index (χ2n) is 3.42. The predicted molar refractivity (Wildman–Crippen MR) is 55.7 cm³/mol. The van der Waals surface area contributed by atoms with Crippen molar-refractivity contribution in [3.63, 3.8) is 0 Å². The molecule has 0 amide bonds. The first-order chi connectivity index (χ1) is 7.63. The van der Waals surface area contributed by atoms with Crippen molar-refractivity contribution in [1.82, 2.24) is 20.1 Å². The van der Waals surface area contributed by atoms with Gasteiger partial charge in [0.15, 0.2) is 0 Å². The Balaban J connectivity index is 2.27. The van der Waals surface area contributed by atoms with Gasteiger partial charge in [-0.3, -0.25) is 4.79 Å². The lowest BCUT2D eigenvalue weighted by Gasteiger charge is -2.09. The summed E-state index contributed by atoms with van der Waals surface area (Å²) < 4.78 is 1.87. The Bertz CT molecular complexity index is 339. The van der Waals surface area contributed by atoms with Gasteiger partial charge in [-0.2, -0.15) is 0 Å². The molecule has 0 fully saturated rings. The average molecular weight is 228 g/mol. The molecule has 3 N–H and O–H groups in total. The molecule has 0 bridgehead atoms. The maximum atomic E-state index is 10.3. The van der Waals surface area contributed by atoms with E-state index in [0.717, 1.165) is 12.4 Å². The second kappa shape index (κ2) is 6.19. The van der Waals surface area contributed by atoms with Crippen molar-refractivity contribution < 1.29 is 15.0 Å². The van der Waals surface area contributed by atoms with Crippen molar-refractivity contribution in [2.75, 3.05) is 6.54 Å². The topological polar surface area (TPSA) is 100 Å². The Labute approximate surface area is 93.1 Å². The van der Waals surface area contributed by atoms with Crippen molar-refractivity contribution >= 4 is 5.97 Å². The molecular weight excluding hydrogens is 212 g/mol. The van der Waals surface area contributed by atoms with Crippen LogP contribution in [0.2, 0.25) is 0 Å². The fourth-order valence-corrected chi connectivity index (χ4v) is 1.30. The highest BCUT2D eigenvalue weighted by atomic mass is 16.4. The van der Waals surface area contributed by atoms with Crippen LogP contribution in [0.5, 0.6) is 0 Å². The zero-order valence-electron chi connectivity index (χ0n) is 9.13.